The van der Waals surface area contributed by atoms with Crippen molar-refractivity contribution in [2.75, 3.05) is 11.1 Å². The van der Waals surface area contributed by atoms with Gasteiger partial charge in [0.2, 0.25) is 0 Å². The van der Waals surface area contributed by atoms with E-state index in [9.17, 15) is 5.26 Å². The standard InChI is InChI=1S/C17H18N2S/c1-4-20-17-7-5-6-16(15(17)11-18)19-14-9-8-12(2)13(3)10-14/h5-10,19H,4H2,1-3H3. The zero-order valence-corrected chi connectivity index (χ0v) is 12.8. The molecule has 2 aromatic carbocycles. The van der Waals surface area contributed by atoms with Crippen molar-refractivity contribution < 1.29 is 0 Å². The van der Waals surface area contributed by atoms with E-state index in [1.807, 2.05) is 24.3 Å². The van der Waals surface area contributed by atoms with E-state index in [1.165, 1.54) is 11.1 Å². The van der Waals surface area contributed by atoms with E-state index in [0.717, 1.165) is 27.6 Å². The normalized spacial score (nSPS) is 10.1. The van der Waals surface area contributed by atoms with E-state index in [4.69, 9.17) is 0 Å². The van der Waals surface area contributed by atoms with Crippen LogP contribution < -0.4 is 5.32 Å². The smallest absolute Gasteiger partial charge is 0.103 e. The molecule has 0 radical (unpaired) electrons. The van der Waals surface area contributed by atoms with Crippen molar-refractivity contribution in [2.24, 2.45) is 0 Å². The first-order valence-electron chi connectivity index (χ1n) is 6.66. The number of nitrogens with zero attached hydrogens (tertiary/aromatic N) is 1. The van der Waals surface area contributed by atoms with Crippen LogP contribution in [0.5, 0.6) is 0 Å². The van der Waals surface area contributed by atoms with E-state index in [1.54, 1.807) is 11.8 Å². The number of hydrogen-bond acceptors (Lipinski definition) is 3. The molecule has 0 saturated heterocycles. The summed E-state index contributed by atoms with van der Waals surface area (Å²) in [5, 5.41) is 12.8. The van der Waals surface area contributed by atoms with Crippen molar-refractivity contribution in [3.05, 3.63) is 53.1 Å². The number of nitriles is 1. The van der Waals surface area contributed by atoms with E-state index in [-0.39, 0.29) is 0 Å². The summed E-state index contributed by atoms with van der Waals surface area (Å²) in [4.78, 5) is 1.03. The molecule has 2 rings (SSSR count). The highest BCUT2D eigenvalue weighted by molar-refractivity contribution is 7.99. The van der Waals surface area contributed by atoms with E-state index >= 15 is 0 Å². The van der Waals surface area contributed by atoms with Crippen molar-refractivity contribution in [3.8, 4) is 6.07 Å². The fraction of sp³-hybridized carbons (Fsp3) is 0.235. The number of thioether (sulfide) groups is 1. The predicted molar refractivity (Wildman–Crippen MR) is 86.8 cm³/mol. The Morgan fingerprint density at radius 3 is 2.60 bits per heavy atom. The van der Waals surface area contributed by atoms with E-state index in [0.29, 0.717) is 0 Å². The molecule has 0 aliphatic carbocycles. The van der Waals surface area contributed by atoms with Crippen LogP contribution in [0.25, 0.3) is 0 Å². The highest BCUT2D eigenvalue weighted by atomic mass is 32.2. The van der Waals surface area contributed by atoms with Crippen LogP contribution in [-0.2, 0) is 0 Å². The van der Waals surface area contributed by atoms with Crippen LogP contribution in [0.15, 0.2) is 41.3 Å². The first-order chi connectivity index (χ1) is 9.65. The number of hydrogen-bond donors (Lipinski definition) is 1. The second kappa shape index (κ2) is 6.49. The summed E-state index contributed by atoms with van der Waals surface area (Å²) in [6, 6.07) is 14.5. The molecule has 0 atom stereocenters. The van der Waals surface area contributed by atoms with E-state index in [2.05, 4.69) is 44.3 Å². The lowest BCUT2D eigenvalue weighted by Gasteiger charge is -2.12. The van der Waals surface area contributed by atoms with Crippen LogP contribution >= 0.6 is 11.8 Å². The molecular weight excluding hydrogens is 264 g/mol. The molecular formula is C17H18N2S. The van der Waals surface area contributed by atoms with Gasteiger partial charge >= 0.3 is 0 Å². The Morgan fingerprint density at radius 1 is 1.15 bits per heavy atom. The monoisotopic (exact) mass is 282 g/mol. The molecule has 0 saturated carbocycles. The third-order valence-electron chi connectivity index (χ3n) is 3.22. The second-order valence-corrected chi connectivity index (χ2v) is 5.95. The van der Waals surface area contributed by atoms with Gasteiger partial charge in [-0.05, 0) is 55.0 Å². The minimum Gasteiger partial charge on any atom is -0.354 e. The summed E-state index contributed by atoms with van der Waals surface area (Å²) in [6.07, 6.45) is 0. The maximum absolute atomic E-state index is 9.40. The van der Waals surface area contributed by atoms with Crippen LogP contribution in [0.1, 0.15) is 23.6 Å². The molecule has 102 valence electrons. The summed E-state index contributed by atoms with van der Waals surface area (Å²) >= 11 is 1.69. The van der Waals surface area contributed by atoms with Gasteiger partial charge in [0.1, 0.15) is 6.07 Å². The molecule has 20 heavy (non-hydrogen) atoms. The minimum absolute atomic E-state index is 0.720. The maximum Gasteiger partial charge on any atom is 0.103 e. The lowest BCUT2D eigenvalue weighted by atomic mass is 10.1. The van der Waals surface area contributed by atoms with Gasteiger partial charge in [-0.15, -0.1) is 11.8 Å². The molecule has 0 amide bonds. The average Bonchev–Trinajstić information content (AvgIpc) is 2.44. The average molecular weight is 282 g/mol. The molecule has 0 aromatic heterocycles. The van der Waals surface area contributed by atoms with Gasteiger partial charge in [0.05, 0.1) is 11.3 Å². The van der Waals surface area contributed by atoms with Gasteiger partial charge in [0.25, 0.3) is 0 Å². The molecule has 0 unspecified atom stereocenters. The Labute approximate surface area is 124 Å². The maximum atomic E-state index is 9.40. The molecule has 3 heteroatoms. The fourth-order valence-electron chi connectivity index (χ4n) is 2.00. The lowest BCUT2D eigenvalue weighted by Crippen LogP contribution is -1.96. The molecule has 2 nitrogen and oxygen atoms in total. The number of benzene rings is 2. The van der Waals surface area contributed by atoms with Crippen molar-refractivity contribution in [3.63, 3.8) is 0 Å². The van der Waals surface area contributed by atoms with Crippen LogP contribution in [0, 0.1) is 25.2 Å². The van der Waals surface area contributed by atoms with E-state index < -0.39 is 0 Å². The van der Waals surface area contributed by atoms with Crippen molar-refractivity contribution in [1.29, 1.82) is 5.26 Å². The zero-order chi connectivity index (χ0) is 14.5. The SMILES string of the molecule is CCSc1cccc(Nc2ccc(C)c(C)c2)c1C#N. The summed E-state index contributed by atoms with van der Waals surface area (Å²) < 4.78 is 0. The first-order valence-corrected chi connectivity index (χ1v) is 7.64. The highest BCUT2D eigenvalue weighted by Gasteiger charge is 2.08. The van der Waals surface area contributed by atoms with Crippen LogP contribution in [0.4, 0.5) is 11.4 Å². The predicted octanol–water partition coefficient (Wildman–Crippen LogP) is 5.03. The van der Waals surface area contributed by atoms with Crippen LogP contribution in [0.2, 0.25) is 0 Å². The first kappa shape index (κ1) is 14.5. The molecule has 1 N–H and O–H groups in total. The zero-order valence-electron chi connectivity index (χ0n) is 12.0. The van der Waals surface area contributed by atoms with Gasteiger partial charge in [-0.1, -0.05) is 19.1 Å². The third kappa shape index (κ3) is 3.15. The Morgan fingerprint density at radius 2 is 1.95 bits per heavy atom. The Kier molecular flexibility index (Phi) is 4.70. The topological polar surface area (TPSA) is 35.8 Å². The molecule has 2 aromatic rings. The Bertz CT molecular complexity index is 657. The molecule has 0 fully saturated rings. The third-order valence-corrected chi connectivity index (χ3v) is 4.16. The second-order valence-electron chi connectivity index (χ2n) is 4.65. The molecule has 0 heterocycles. The number of nitrogens with one attached hydrogen (secondary N) is 1. The highest BCUT2D eigenvalue weighted by Crippen LogP contribution is 2.30. The van der Waals surface area contributed by atoms with Gasteiger partial charge in [-0.3, -0.25) is 0 Å². The molecule has 0 aliphatic heterocycles. The van der Waals surface area contributed by atoms with Crippen molar-refractivity contribution in [1.82, 2.24) is 0 Å². The minimum atomic E-state index is 0.720. The quantitative estimate of drug-likeness (QED) is 0.799. The number of aryl methyl sites for hydroxylation is 2. The van der Waals surface area contributed by atoms with Gasteiger partial charge < -0.3 is 5.32 Å². The molecule has 0 aliphatic rings. The molecule has 0 bridgehead atoms. The summed E-state index contributed by atoms with van der Waals surface area (Å²) in [5.41, 5.74) is 5.12. The molecule has 0 spiro atoms. The number of rotatable bonds is 4. The van der Waals surface area contributed by atoms with Crippen LogP contribution in [0.3, 0.4) is 0 Å². The lowest BCUT2D eigenvalue weighted by molar-refractivity contribution is 1.32. The van der Waals surface area contributed by atoms with Gasteiger partial charge in [-0.2, -0.15) is 5.26 Å². The largest absolute Gasteiger partial charge is 0.354 e. The summed E-state index contributed by atoms with van der Waals surface area (Å²) in [6.45, 7) is 6.28. The van der Waals surface area contributed by atoms with Gasteiger partial charge in [0, 0.05) is 10.6 Å². The fourth-order valence-corrected chi connectivity index (χ4v) is 2.79. The van der Waals surface area contributed by atoms with Crippen LogP contribution in [-0.4, -0.2) is 5.75 Å². The Balaban J connectivity index is 2.35. The Hall–Kier alpha value is -1.92. The van der Waals surface area contributed by atoms with Gasteiger partial charge in [0.15, 0.2) is 0 Å². The van der Waals surface area contributed by atoms with Gasteiger partial charge in [-0.25, -0.2) is 0 Å². The number of anilines is 2. The summed E-state index contributed by atoms with van der Waals surface area (Å²) in [7, 11) is 0. The van der Waals surface area contributed by atoms with Crippen molar-refractivity contribution >= 4 is 23.1 Å². The summed E-state index contributed by atoms with van der Waals surface area (Å²) in [5.74, 6) is 0.960. The van der Waals surface area contributed by atoms with Crippen molar-refractivity contribution in [2.45, 2.75) is 25.7 Å².